The Balaban J connectivity index is 1.95. The Labute approximate surface area is 124 Å². The van der Waals surface area contributed by atoms with E-state index in [0.29, 0.717) is 13.1 Å². The SMILES string of the molecule is CC1CN(S(=O)(=O)N2CC(C)(OCC(=O)O)C2)CC(C)O1. The van der Waals surface area contributed by atoms with Crippen molar-refractivity contribution in [1.29, 1.82) is 0 Å². The van der Waals surface area contributed by atoms with E-state index >= 15 is 0 Å². The number of hydrogen-bond donors (Lipinski definition) is 1. The highest BCUT2D eigenvalue weighted by Gasteiger charge is 2.48. The van der Waals surface area contributed by atoms with Crippen molar-refractivity contribution in [1.82, 2.24) is 8.61 Å². The highest BCUT2D eigenvalue weighted by Crippen LogP contribution is 2.30. The second-order valence-electron chi connectivity index (χ2n) is 5.98. The van der Waals surface area contributed by atoms with Crippen LogP contribution in [0.15, 0.2) is 0 Å². The van der Waals surface area contributed by atoms with Crippen molar-refractivity contribution in [2.45, 2.75) is 38.6 Å². The lowest BCUT2D eigenvalue weighted by Gasteiger charge is -2.48. The molecule has 21 heavy (non-hydrogen) atoms. The van der Waals surface area contributed by atoms with Gasteiger partial charge in [0.2, 0.25) is 0 Å². The molecule has 0 aliphatic carbocycles. The summed E-state index contributed by atoms with van der Waals surface area (Å²) in [5, 5.41) is 8.61. The minimum Gasteiger partial charge on any atom is -0.480 e. The van der Waals surface area contributed by atoms with E-state index in [-0.39, 0.29) is 25.3 Å². The van der Waals surface area contributed by atoms with Crippen LogP contribution in [-0.4, -0.2) is 78.7 Å². The molecule has 0 radical (unpaired) electrons. The lowest BCUT2D eigenvalue weighted by molar-refractivity contribution is -0.157. The number of carbonyl (C=O) groups is 1. The lowest BCUT2D eigenvalue weighted by atomic mass is 10.0. The first-order valence-electron chi connectivity index (χ1n) is 6.89. The predicted molar refractivity (Wildman–Crippen MR) is 74.1 cm³/mol. The maximum Gasteiger partial charge on any atom is 0.329 e. The van der Waals surface area contributed by atoms with Gasteiger partial charge < -0.3 is 14.6 Å². The molecule has 0 amide bonds. The molecule has 0 spiro atoms. The molecule has 2 atom stereocenters. The first kappa shape index (κ1) is 16.6. The van der Waals surface area contributed by atoms with Crippen LogP contribution < -0.4 is 0 Å². The number of nitrogens with zero attached hydrogens (tertiary/aromatic N) is 2. The number of carboxylic acid groups (broad SMARTS) is 1. The monoisotopic (exact) mass is 322 g/mol. The number of carboxylic acids is 1. The standard InChI is InChI=1S/C12H22N2O6S/c1-9-4-13(5-10(2)20-9)21(17,18)14-7-12(3,8-14)19-6-11(15)16/h9-10H,4-8H2,1-3H3,(H,15,16). The summed E-state index contributed by atoms with van der Waals surface area (Å²) in [6.45, 7) is 5.97. The van der Waals surface area contributed by atoms with Crippen LogP contribution in [0.2, 0.25) is 0 Å². The summed E-state index contributed by atoms with van der Waals surface area (Å²) in [6, 6.07) is 0. The Morgan fingerprint density at radius 2 is 1.81 bits per heavy atom. The Hall–Kier alpha value is -0.740. The van der Waals surface area contributed by atoms with Crippen molar-refractivity contribution in [2.75, 3.05) is 32.8 Å². The fourth-order valence-corrected chi connectivity index (χ4v) is 4.67. The Morgan fingerprint density at radius 1 is 1.29 bits per heavy atom. The fourth-order valence-electron chi connectivity index (χ4n) is 2.67. The molecule has 2 aliphatic rings. The van der Waals surface area contributed by atoms with Gasteiger partial charge in [-0.1, -0.05) is 0 Å². The minimum atomic E-state index is -3.54. The third-order valence-electron chi connectivity index (χ3n) is 3.60. The van der Waals surface area contributed by atoms with Gasteiger partial charge in [0.15, 0.2) is 0 Å². The van der Waals surface area contributed by atoms with Gasteiger partial charge in [0.1, 0.15) is 6.61 Å². The number of morpholine rings is 1. The van der Waals surface area contributed by atoms with Crippen molar-refractivity contribution < 1.29 is 27.8 Å². The van der Waals surface area contributed by atoms with Crippen LogP contribution in [0, 0.1) is 0 Å². The van der Waals surface area contributed by atoms with Crippen molar-refractivity contribution in [3.05, 3.63) is 0 Å². The number of rotatable bonds is 5. The average molecular weight is 322 g/mol. The molecule has 2 aliphatic heterocycles. The number of ether oxygens (including phenoxy) is 2. The van der Waals surface area contributed by atoms with Gasteiger partial charge in [-0.25, -0.2) is 4.79 Å². The quantitative estimate of drug-likeness (QED) is 0.734. The largest absolute Gasteiger partial charge is 0.480 e. The molecule has 2 fully saturated rings. The molecule has 0 aromatic rings. The summed E-state index contributed by atoms with van der Waals surface area (Å²) in [5.41, 5.74) is -0.727. The first-order chi connectivity index (χ1) is 9.62. The topological polar surface area (TPSA) is 96.4 Å². The molecule has 0 aromatic carbocycles. The molecule has 1 N–H and O–H groups in total. The van der Waals surface area contributed by atoms with Gasteiger partial charge in [0, 0.05) is 26.2 Å². The zero-order valence-electron chi connectivity index (χ0n) is 12.5. The number of hydrogen-bond acceptors (Lipinski definition) is 5. The predicted octanol–water partition coefficient (Wildman–Crippen LogP) is -0.484. The van der Waals surface area contributed by atoms with Gasteiger partial charge in [0.05, 0.1) is 17.8 Å². The van der Waals surface area contributed by atoms with E-state index in [1.807, 2.05) is 13.8 Å². The number of aliphatic carboxylic acids is 1. The van der Waals surface area contributed by atoms with E-state index in [0.717, 1.165) is 0 Å². The summed E-state index contributed by atoms with van der Waals surface area (Å²) in [5.74, 6) is -1.06. The maximum absolute atomic E-state index is 12.5. The summed E-state index contributed by atoms with van der Waals surface area (Å²) in [7, 11) is -3.54. The van der Waals surface area contributed by atoms with Crippen LogP contribution in [0.3, 0.4) is 0 Å². The van der Waals surface area contributed by atoms with E-state index in [4.69, 9.17) is 14.6 Å². The Morgan fingerprint density at radius 3 is 2.29 bits per heavy atom. The minimum absolute atomic E-state index is 0.139. The fraction of sp³-hybridized carbons (Fsp3) is 0.917. The van der Waals surface area contributed by atoms with Crippen molar-refractivity contribution >= 4 is 16.2 Å². The zero-order chi connectivity index (χ0) is 15.8. The highest BCUT2D eigenvalue weighted by atomic mass is 32.2. The van der Waals surface area contributed by atoms with E-state index in [9.17, 15) is 13.2 Å². The van der Waals surface area contributed by atoms with Gasteiger partial charge in [-0.05, 0) is 20.8 Å². The van der Waals surface area contributed by atoms with Gasteiger partial charge >= 0.3 is 5.97 Å². The summed E-state index contributed by atoms with van der Waals surface area (Å²) < 4.78 is 38.5. The van der Waals surface area contributed by atoms with E-state index in [2.05, 4.69) is 0 Å². The van der Waals surface area contributed by atoms with E-state index in [1.165, 1.54) is 8.61 Å². The highest BCUT2D eigenvalue weighted by molar-refractivity contribution is 7.86. The Kier molecular flexibility index (Phi) is 4.60. The van der Waals surface area contributed by atoms with Gasteiger partial charge in [0.25, 0.3) is 10.2 Å². The van der Waals surface area contributed by atoms with E-state index < -0.39 is 28.4 Å². The molecule has 0 bridgehead atoms. The molecule has 9 heteroatoms. The third kappa shape index (κ3) is 3.72. The van der Waals surface area contributed by atoms with Gasteiger partial charge in [-0.3, -0.25) is 0 Å². The van der Waals surface area contributed by atoms with Crippen LogP contribution in [0.4, 0.5) is 0 Å². The molecule has 122 valence electrons. The van der Waals surface area contributed by atoms with Crippen LogP contribution >= 0.6 is 0 Å². The second kappa shape index (κ2) is 5.81. The van der Waals surface area contributed by atoms with Crippen LogP contribution in [-0.2, 0) is 24.5 Å². The summed E-state index contributed by atoms with van der Waals surface area (Å²) >= 11 is 0. The van der Waals surface area contributed by atoms with Crippen LogP contribution in [0.1, 0.15) is 20.8 Å². The average Bonchev–Trinajstić information content (AvgIpc) is 2.31. The molecular formula is C12H22N2O6S. The molecular weight excluding hydrogens is 300 g/mol. The molecule has 8 nitrogen and oxygen atoms in total. The molecule has 2 saturated heterocycles. The summed E-state index contributed by atoms with van der Waals surface area (Å²) in [4.78, 5) is 10.5. The van der Waals surface area contributed by atoms with Crippen LogP contribution in [0.25, 0.3) is 0 Å². The maximum atomic E-state index is 12.5. The van der Waals surface area contributed by atoms with Crippen molar-refractivity contribution in [3.8, 4) is 0 Å². The van der Waals surface area contributed by atoms with Crippen LogP contribution in [0.5, 0.6) is 0 Å². The molecule has 0 saturated carbocycles. The lowest BCUT2D eigenvalue weighted by Crippen LogP contribution is -2.66. The van der Waals surface area contributed by atoms with Crippen molar-refractivity contribution in [3.63, 3.8) is 0 Å². The third-order valence-corrected chi connectivity index (χ3v) is 5.47. The van der Waals surface area contributed by atoms with Gasteiger partial charge in [-0.15, -0.1) is 0 Å². The first-order valence-corrected chi connectivity index (χ1v) is 8.28. The molecule has 0 aromatic heterocycles. The second-order valence-corrected chi connectivity index (χ2v) is 7.91. The van der Waals surface area contributed by atoms with Gasteiger partial charge in [-0.2, -0.15) is 17.0 Å². The van der Waals surface area contributed by atoms with Crippen molar-refractivity contribution in [2.24, 2.45) is 0 Å². The Bertz CT molecular complexity index is 492. The zero-order valence-corrected chi connectivity index (χ0v) is 13.3. The normalized spacial score (nSPS) is 30.8. The smallest absolute Gasteiger partial charge is 0.329 e. The molecule has 2 heterocycles. The van der Waals surface area contributed by atoms with E-state index in [1.54, 1.807) is 6.92 Å². The summed E-state index contributed by atoms with van der Waals surface area (Å²) in [6.07, 6.45) is -0.279. The molecule has 2 unspecified atom stereocenters. The molecule has 2 rings (SSSR count).